The van der Waals surface area contributed by atoms with Crippen LogP contribution in [0.15, 0.2) is 17.2 Å². The molecule has 0 aliphatic carbocycles. The van der Waals surface area contributed by atoms with Crippen LogP contribution in [0.25, 0.3) is 0 Å². The van der Waals surface area contributed by atoms with Crippen LogP contribution in [-0.2, 0) is 17.1 Å². The first kappa shape index (κ1) is 13.1. The second kappa shape index (κ2) is 4.74. The van der Waals surface area contributed by atoms with Crippen LogP contribution in [0.1, 0.15) is 23.3 Å². The zero-order chi connectivity index (χ0) is 13.3. The Morgan fingerprint density at radius 3 is 2.50 bits per heavy atom. The molecule has 1 aliphatic heterocycles. The number of nitrogens with one attached hydrogen (secondary N) is 1. The van der Waals surface area contributed by atoms with Crippen LogP contribution in [0.5, 0.6) is 0 Å². The number of nitrogens with zero attached hydrogens (tertiary/aromatic N) is 2. The molecular formula is C11H17N3O3S. The number of carbonyl (C=O) groups excluding carboxylic acids is 1. The summed E-state index contributed by atoms with van der Waals surface area (Å²) in [4.78, 5) is 11.7. The molecule has 0 radical (unpaired) electrons. The minimum atomic E-state index is -3.45. The quantitative estimate of drug-likeness (QED) is 0.852. The van der Waals surface area contributed by atoms with Crippen molar-refractivity contribution in [2.24, 2.45) is 7.05 Å². The highest BCUT2D eigenvalue weighted by Gasteiger charge is 2.29. The van der Waals surface area contributed by atoms with Crippen LogP contribution < -0.4 is 5.32 Å². The summed E-state index contributed by atoms with van der Waals surface area (Å²) in [5, 5.41) is 2.49. The molecule has 18 heavy (non-hydrogen) atoms. The normalized spacial score (nSPS) is 17.0. The molecule has 2 heterocycles. The zero-order valence-electron chi connectivity index (χ0n) is 10.5. The molecule has 0 saturated carbocycles. The van der Waals surface area contributed by atoms with E-state index in [0.29, 0.717) is 18.8 Å². The van der Waals surface area contributed by atoms with Crippen molar-refractivity contribution in [2.45, 2.75) is 17.7 Å². The van der Waals surface area contributed by atoms with Crippen LogP contribution in [0.3, 0.4) is 0 Å². The molecule has 0 atom stereocenters. The number of rotatable bonds is 3. The SMILES string of the molecule is CNC(=O)c1cc(S(=O)(=O)N2CCCC2)cn1C. The van der Waals surface area contributed by atoms with Crippen LogP contribution in [0.2, 0.25) is 0 Å². The van der Waals surface area contributed by atoms with E-state index >= 15 is 0 Å². The fraction of sp³-hybridized carbons (Fsp3) is 0.545. The van der Waals surface area contributed by atoms with E-state index in [4.69, 9.17) is 0 Å². The van der Waals surface area contributed by atoms with Crippen molar-refractivity contribution < 1.29 is 13.2 Å². The van der Waals surface area contributed by atoms with Gasteiger partial charge >= 0.3 is 0 Å². The summed E-state index contributed by atoms with van der Waals surface area (Å²) in [5.41, 5.74) is 0.343. The summed E-state index contributed by atoms with van der Waals surface area (Å²) >= 11 is 0. The van der Waals surface area contributed by atoms with E-state index in [9.17, 15) is 13.2 Å². The van der Waals surface area contributed by atoms with Crippen LogP contribution in [-0.4, -0.2) is 43.3 Å². The number of aromatic nitrogens is 1. The van der Waals surface area contributed by atoms with Gasteiger partial charge in [0.05, 0.1) is 0 Å². The maximum absolute atomic E-state index is 12.3. The van der Waals surface area contributed by atoms with Crippen LogP contribution in [0.4, 0.5) is 0 Å². The van der Waals surface area contributed by atoms with Gasteiger partial charge in [-0.25, -0.2) is 8.42 Å². The third-order valence-corrected chi connectivity index (χ3v) is 5.01. The second-order valence-electron chi connectivity index (χ2n) is 4.36. The molecule has 1 aromatic heterocycles. The smallest absolute Gasteiger partial charge is 0.267 e. The lowest BCUT2D eigenvalue weighted by Gasteiger charge is -2.13. The molecule has 1 fully saturated rings. The summed E-state index contributed by atoms with van der Waals surface area (Å²) < 4.78 is 27.6. The molecule has 6 nitrogen and oxygen atoms in total. The molecule has 7 heteroatoms. The predicted molar refractivity (Wildman–Crippen MR) is 66.8 cm³/mol. The third kappa shape index (κ3) is 2.15. The Hall–Kier alpha value is -1.34. The molecule has 0 bridgehead atoms. The molecule has 0 spiro atoms. The van der Waals surface area contributed by atoms with E-state index in [0.717, 1.165) is 12.8 Å². The Labute approximate surface area is 107 Å². The van der Waals surface area contributed by atoms with E-state index in [-0.39, 0.29) is 10.8 Å². The Balaban J connectivity index is 2.37. The Morgan fingerprint density at radius 1 is 1.33 bits per heavy atom. The number of amides is 1. The summed E-state index contributed by atoms with van der Waals surface area (Å²) in [5.74, 6) is -0.291. The van der Waals surface area contributed by atoms with Crippen molar-refractivity contribution in [3.8, 4) is 0 Å². The fourth-order valence-corrected chi connectivity index (χ4v) is 3.70. The van der Waals surface area contributed by atoms with Crippen molar-refractivity contribution in [3.05, 3.63) is 18.0 Å². The number of hydrogen-bond acceptors (Lipinski definition) is 3. The van der Waals surface area contributed by atoms with Gasteiger partial charge in [0.15, 0.2) is 0 Å². The summed E-state index contributed by atoms with van der Waals surface area (Å²) in [7, 11) is -0.271. The highest BCUT2D eigenvalue weighted by Crippen LogP contribution is 2.22. The average molecular weight is 271 g/mol. The fourth-order valence-electron chi connectivity index (χ4n) is 2.11. The van der Waals surface area contributed by atoms with Gasteiger partial charge in [0.25, 0.3) is 5.91 Å². The van der Waals surface area contributed by atoms with Crippen molar-refractivity contribution in [1.29, 1.82) is 0 Å². The first-order valence-electron chi connectivity index (χ1n) is 5.85. The van der Waals surface area contributed by atoms with Gasteiger partial charge in [-0.3, -0.25) is 4.79 Å². The monoisotopic (exact) mass is 271 g/mol. The van der Waals surface area contributed by atoms with Crippen molar-refractivity contribution >= 4 is 15.9 Å². The lowest BCUT2D eigenvalue weighted by molar-refractivity contribution is 0.0955. The van der Waals surface area contributed by atoms with Gasteiger partial charge in [0.1, 0.15) is 10.6 Å². The van der Waals surface area contributed by atoms with Crippen molar-refractivity contribution in [2.75, 3.05) is 20.1 Å². The molecular weight excluding hydrogens is 254 g/mol. The highest BCUT2D eigenvalue weighted by molar-refractivity contribution is 7.89. The topological polar surface area (TPSA) is 71.4 Å². The van der Waals surface area contributed by atoms with Gasteiger partial charge in [0.2, 0.25) is 10.0 Å². The zero-order valence-corrected chi connectivity index (χ0v) is 11.3. The van der Waals surface area contributed by atoms with Gasteiger partial charge in [-0.05, 0) is 18.9 Å². The van der Waals surface area contributed by atoms with E-state index < -0.39 is 10.0 Å². The highest BCUT2D eigenvalue weighted by atomic mass is 32.2. The van der Waals surface area contributed by atoms with E-state index in [1.54, 1.807) is 7.05 Å². The maximum atomic E-state index is 12.3. The molecule has 100 valence electrons. The Bertz CT molecular complexity index is 556. The van der Waals surface area contributed by atoms with Gasteiger partial charge < -0.3 is 9.88 Å². The minimum Gasteiger partial charge on any atom is -0.354 e. The standard InChI is InChI=1S/C11H17N3O3S/c1-12-11(15)10-7-9(8-13(10)2)18(16,17)14-5-3-4-6-14/h7-8H,3-6H2,1-2H3,(H,12,15). The molecule has 2 rings (SSSR count). The third-order valence-electron chi connectivity index (χ3n) is 3.14. The molecule has 0 aromatic carbocycles. The van der Waals surface area contributed by atoms with Gasteiger partial charge in [-0.2, -0.15) is 4.31 Å². The van der Waals surface area contributed by atoms with Crippen molar-refractivity contribution in [1.82, 2.24) is 14.2 Å². The second-order valence-corrected chi connectivity index (χ2v) is 6.30. The maximum Gasteiger partial charge on any atom is 0.267 e. The van der Waals surface area contributed by atoms with E-state index in [1.165, 1.54) is 28.2 Å². The van der Waals surface area contributed by atoms with Crippen LogP contribution >= 0.6 is 0 Å². The van der Waals surface area contributed by atoms with Gasteiger partial charge in [-0.1, -0.05) is 0 Å². The van der Waals surface area contributed by atoms with E-state index in [2.05, 4.69) is 5.32 Å². The van der Waals surface area contributed by atoms with Gasteiger partial charge in [-0.15, -0.1) is 0 Å². The molecule has 0 unspecified atom stereocenters. The van der Waals surface area contributed by atoms with Crippen LogP contribution in [0, 0.1) is 0 Å². The number of sulfonamides is 1. The average Bonchev–Trinajstić information content (AvgIpc) is 2.97. The van der Waals surface area contributed by atoms with Crippen molar-refractivity contribution in [3.63, 3.8) is 0 Å². The minimum absolute atomic E-state index is 0.186. The number of carbonyl (C=O) groups is 1. The summed E-state index contributed by atoms with van der Waals surface area (Å²) in [6, 6.07) is 1.42. The lowest BCUT2D eigenvalue weighted by Crippen LogP contribution is -2.27. The van der Waals surface area contributed by atoms with Gasteiger partial charge in [0, 0.05) is 33.4 Å². The summed E-state index contributed by atoms with van der Waals surface area (Å²) in [6.07, 6.45) is 3.28. The molecule has 1 N–H and O–H groups in total. The molecule has 1 amide bonds. The lowest BCUT2D eigenvalue weighted by atomic mass is 10.4. The first-order valence-corrected chi connectivity index (χ1v) is 7.29. The molecule has 1 aliphatic rings. The molecule has 1 saturated heterocycles. The van der Waals surface area contributed by atoms with E-state index in [1.807, 2.05) is 0 Å². The first-order chi connectivity index (χ1) is 8.46. The molecule has 1 aromatic rings. The summed E-state index contributed by atoms with van der Waals surface area (Å²) in [6.45, 7) is 1.12. The Morgan fingerprint density at radius 2 is 1.94 bits per heavy atom. The predicted octanol–water partition coefficient (Wildman–Crippen LogP) is 0.169. The Kier molecular flexibility index (Phi) is 3.45. The largest absolute Gasteiger partial charge is 0.354 e. The number of hydrogen-bond donors (Lipinski definition) is 1. The number of aryl methyl sites for hydroxylation is 1.